The summed E-state index contributed by atoms with van der Waals surface area (Å²) in [6.07, 6.45) is -1.75. The third kappa shape index (κ3) is 5.19. The zero-order valence-corrected chi connectivity index (χ0v) is 19.7. The predicted octanol–water partition coefficient (Wildman–Crippen LogP) is 3.85. The van der Waals surface area contributed by atoms with Crippen LogP contribution in [0.3, 0.4) is 0 Å². The van der Waals surface area contributed by atoms with Gasteiger partial charge in [0.05, 0.1) is 17.3 Å². The van der Waals surface area contributed by atoms with Crippen molar-refractivity contribution in [3.05, 3.63) is 89.2 Å². The first-order chi connectivity index (χ1) is 17.7. The fourth-order valence-electron chi connectivity index (χ4n) is 4.55. The van der Waals surface area contributed by atoms with Gasteiger partial charge in [-0.05, 0) is 53.9 Å². The van der Waals surface area contributed by atoms with Crippen molar-refractivity contribution >= 4 is 22.7 Å². The highest BCUT2D eigenvalue weighted by Gasteiger charge is 2.30. The second-order valence-corrected chi connectivity index (χ2v) is 8.99. The molecule has 0 bridgehead atoms. The van der Waals surface area contributed by atoms with Crippen LogP contribution in [-0.2, 0) is 24.1 Å². The number of nitrogens with one attached hydrogen (secondary N) is 2. The standard InChI is InChI=1S/C27H24F3N5O2/c28-27(29,30)19-7-4-16(5-8-19)14-35-15-18(13-33-23-10-11-32-26(23)37)20-12-17(6-9-24(20)35)21-2-1-3-22(34-21)25(31)36/h1-9,12,15,23,33H,10-11,13-14H2,(H2,31,36)(H,32,37)/t23-/m0/s1. The van der Waals surface area contributed by atoms with Crippen LogP contribution in [0.5, 0.6) is 0 Å². The normalized spacial score (nSPS) is 15.8. The molecule has 2 aromatic heterocycles. The zero-order chi connectivity index (χ0) is 26.2. The van der Waals surface area contributed by atoms with Gasteiger partial charge in [0, 0.05) is 42.3 Å². The van der Waals surface area contributed by atoms with Gasteiger partial charge in [-0.15, -0.1) is 0 Å². The van der Waals surface area contributed by atoms with Crippen molar-refractivity contribution in [2.24, 2.45) is 5.73 Å². The summed E-state index contributed by atoms with van der Waals surface area (Å²) in [4.78, 5) is 28.0. The molecule has 2 aromatic carbocycles. The molecular formula is C27H24F3N5O2. The lowest BCUT2D eigenvalue weighted by Crippen LogP contribution is -2.35. The Labute approximate surface area is 210 Å². The number of pyridine rings is 1. The first-order valence-corrected chi connectivity index (χ1v) is 11.8. The third-order valence-electron chi connectivity index (χ3n) is 6.48. The molecule has 1 saturated heterocycles. The Morgan fingerprint density at radius 1 is 1.14 bits per heavy atom. The molecule has 0 radical (unpaired) electrons. The van der Waals surface area contributed by atoms with Crippen molar-refractivity contribution < 1.29 is 22.8 Å². The summed E-state index contributed by atoms with van der Waals surface area (Å²) in [5.41, 5.74) is 8.75. The molecule has 1 atom stereocenters. The molecule has 4 aromatic rings. The van der Waals surface area contributed by atoms with Gasteiger partial charge in [0.2, 0.25) is 5.91 Å². The maximum Gasteiger partial charge on any atom is 0.416 e. The molecule has 0 unspecified atom stereocenters. The monoisotopic (exact) mass is 507 g/mol. The van der Waals surface area contributed by atoms with Gasteiger partial charge >= 0.3 is 6.18 Å². The maximum atomic E-state index is 13.0. The van der Waals surface area contributed by atoms with Crippen LogP contribution in [-0.4, -0.2) is 34.0 Å². The summed E-state index contributed by atoms with van der Waals surface area (Å²) in [7, 11) is 0. The summed E-state index contributed by atoms with van der Waals surface area (Å²) in [5, 5.41) is 7.01. The maximum absolute atomic E-state index is 13.0. The van der Waals surface area contributed by atoms with Crippen LogP contribution in [0.25, 0.3) is 22.2 Å². The van der Waals surface area contributed by atoms with E-state index < -0.39 is 17.6 Å². The Balaban J connectivity index is 1.51. The zero-order valence-electron chi connectivity index (χ0n) is 19.7. The topological polar surface area (TPSA) is 102 Å². The van der Waals surface area contributed by atoms with Crippen molar-refractivity contribution in [1.29, 1.82) is 0 Å². The Morgan fingerprint density at radius 2 is 1.92 bits per heavy atom. The highest BCUT2D eigenvalue weighted by atomic mass is 19.4. The number of carbonyl (C=O) groups excluding carboxylic acids is 2. The molecular weight excluding hydrogens is 483 g/mol. The largest absolute Gasteiger partial charge is 0.416 e. The Morgan fingerprint density at radius 3 is 2.59 bits per heavy atom. The Hall–Kier alpha value is -4.18. The van der Waals surface area contributed by atoms with Crippen LogP contribution in [0, 0.1) is 0 Å². The van der Waals surface area contributed by atoms with E-state index in [1.807, 2.05) is 29.0 Å². The van der Waals surface area contributed by atoms with Crippen LogP contribution in [0.15, 0.2) is 66.9 Å². The van der Waals surface area contributed by atoms with E-state index in [0.717, 1.165) is 39.7 Å². The molecule has 5 rings (SSSR count). The second kappa shape index (κ2) is 9.70. The molecule has 0 aliphatic carbocycles. The molecule has 0 saturated carbocycles. The number of rotatable bonds is 7. The minimum absolute atomic E-state index is 0.0401. The number of benzene rings is 2. The van der Waals surface area contributed by atoms with E-state index >= 15 is 0 Å². The van der Waals surface area contributed by atoms with Crippen molar-refractivity contribution in [2.75, 3.05) is 6.54 Å². The van der Waals surface area contributed by atoms with Gasteiger partial charge in [-0.25, -0.2) is 4.98 Å². The summed E-state index contributed by atoms with van der Waals surface area (Å²) in [5.74, 6) is -0.660. The molecule has 3 heterocycles. The average molecular weight is 508 g/mol. The van der Waals surface area contributed by atoms with E-state index in [2.05, 4.69) is 15.6 Å². The van der Waals surface area contributed by atoms with E-state index in [9.17, 15) is 22.8 Å². The van der Waals surface area contributed by atoms with Crippen molar-refractivity contribution in [3.63, 3.8) is 0 Å². The molecule has 1 fully saturated rings. The van der Waals surface area contributed by atoms with Gasteiger partial charge in [-0.3, -0.25) is 9.59 Å². The van der Waals surface area contributed by atoms with Gasteiger partial charge in [-0.2, -0.15) is 13.2 Å². The number of nitrogens with zero attached hydrogens (tertiary/aromatic N) is 2. The van der Waals surface area contributed by atoms with Crippen LogP contribution in [0.2, 0.25) is 0 Å². The number of halogens is 3. The lowest BCUT2D eigenvalue weighted by molar-refractivity contribution is -0.137. The molecule has 2 amide bonds. The van der Waals surface area contributed by atoms with Gasteiger partial charge < -0.3 is 20.9 Å². The first kappa shape index (κ1) is 24.5. The van der Waals surface area contributed by atoms with Gasteiger partial charge in [-0.1, -0.05) is 24.3 Å². The minimum atomic E-state index is -4.39. The Bertz CT molecular complexity index is 1480. The lowest BCUT2D eigenvalue weighted by atomic mass is 10.1. The number of alkyl halides is 3. The molecule has 7 nitrogen and oxygen atoms in total. The molecule has 1 aliphatic rings. The smallest absolute Gasteiger partial charge is 0.364 e. The number of aromatic nitrogens is 2. The lowest BCUT2D eigenvalue weighted by Gasteiger charge is -2.09. The number of hydrogen-bond donors (Lipinski definition) is 3. The number of amides is 2. The van der Waals surface area contributed by atoms with Crippen LogP contribution >= 0.6 is 0 Å². The van der Waals surface area contributed by atoms with Crippen molar-refractivity contribution in [2.45, 2.75) is 31.7 Å². The fourth-order valence-corrected chi connectivity index (χ4v) is 4.55. The first-order valence-electron chi connectivity index (χ1n) is 11.8. The van der Waals surface area contributed by atoms with Gasteiger partial charge in [0.15, 0.2) is 0 Å². The number of carbonyl (C=O) groups is 2. The summed E-state index contributed by atoms with van der Waals surface area (Å²) in [6, 6.07) is 15.6. The van der Waals surface area contributed by atoms with Crippen LogP contribution < -0.4 is 16.4 Å². The molecule has 0 spiro atoms. The van der Waals surface area contributed by atoms with Crippen LogP contribution in [0.4, 0.5) is 13.2 Å². The van der Waals surface area contributed by atoms with E-state index in [4.69, 9.17) is 5.73 Å². The minimum Gasteiger partial charge on any atom is -0.364 e. The average Bonchev–Trinajstić information content (AvgIpc) is 3.44. The third-order valence-corrected chi connectivity index (χ3v) is 6.48. The van der Waals surface area contributed by atoms with E-state index in [1.54, 1.807) is 18.2 Å². The molecule has 1 aliphatic heterocycles. The predicted molar refractivity (Wildman–Crippen MR) is 132 cm³/mol. The molecule has 37 heavy (non-hydrogen) atoms. The fraction of sp³-hybridized carbons (Fsp3) is 0.222. The van der Waals surface area contributed by atoms with Gasteiger partial charge in [0.1, 0.15) is 5.69 Å². The molecule has 4 N–H and O–H groups in total. The molecule has 190 valence electrons. The highest BCUT2D eigenvalue weighted by Crippen LogP contribution is 2.31. The number of primary amides is 1. The SMILES string of the molecule is NC(=O)c1cccc(-c2ccc3c(c2)c(CN[C@H]2CCNC2=O)cn3Cc2ccc(C(F)(F)F)cc2)n1. The van der Waals surface area contributed by atoms with E-state index in [-0.39, 0.29) is 17.6 Å². The summed E-state index contributed by atoms with van der Waals surface area (Å²) in [6.45, 7) is 1.41. The number of fused-ring (bicyclic) bond motifs is 1. The molecule has 10 heteroatoms. The summed E-state index contributed by atoms with van der Waals surface area (Å²) < 4.78 is 40.9. The summed E-state index contributed by atoms with van der Waals surface area (Å²) >= 11 is 0. The van der Waals surface area contributed by atoms with Crippen LogP contribution in [0.1, 0.15) is 33.6 Å². The Kier molecular flexibility index (Phi) is 6.43. The van der Waals surface area contributed by atoms with Gasteiger partial charge in [0.25, 0.3) is 5.91 Å². The van der Waals surface area contributed by atoms with Crippen molar-refractivity contribution in [3.8, 4) is 11.3 Å². The number of nitrogens with two attached hydrogens (primary N) is 1. The van der Waals surface area contributed by atoms with Crippen molar-refractivity contribution in [1.82, 2.24) is 20.2 Å². The van der Waals surface area contributed by atoms with E-state index in [0.29, 0.717) is 31.7 Å². The number of hydrogen-bond acceptors (Lipinski definition) is 4. The second-order valence-electron chi connectivity index (χ2n) is 8.99. The van der Waals surface area contributed by atoms with E-state index in [1.165, 1.54) is 12.1 Å². The highest BCUT2D eigenvalue weighted by molar-refractivity contribution is 5.92. The quantitative estimate of drug-likeness (QED) is 0.354.